The van der Waals surface area contributed by atoms with E-state index in [4.69, 9.17) is 4.74 Å². The number of esters is 1. The van der Waals surface area contributed by atoms with Crippen LogP contribution in [-0.2, 0) is 19.1 Å². The van der Waals surface area contributed by atoms with Crippen LogP contribution in [0.4, 0.5) is 5.69 Å². The summed E-state index contributed by atoms with van der Waals surface area (Å²) in [7, 11) is 0. The van der Waals surface area contributed by atoms with E-state index in [1.165, 1.54) is 0 Å². The Morgan fingerprint density at radius 2 is 1.93 bits per heavy atom. The molecule has 8 nitrogen and oxygen atoms in total. The fraction of sp³-hybridized carbons (Fsp3) is 0.381. The molecule has 0 radical (unpaired) electrons. The van der Waals surface area contributed by atoms with E-state index in [1.807, 2.05) is 36.4 Å². The van der Waals surface area contributed by atoms with Gasteiger partial charge in [0, 0.05) is 28.9 Å². The van der Waals surface area contributed by atoms with Gasteiger partial charge in [-0.1, -0.05) is 37.3 Å². The zero-order valence-corrected chi connectivity index (χ0v) is 16.0. The monoisotopic (exact) mass is 398 g/mol. The van der Waals surface area contributed by atoms with Crippen LogP contribution in [0, 0.1) is 27.9 Å². The van der Waals surface area contributed by atoms with E-state index in [0.717, 1.165) is 10.8 Å². The molecule has 0 aliphatic heterocycles. The van der Waals surface area contributed by atoms with E-state index in [2.05, 4.69) is 5.32 Å². The van der Waals surface area contributed by atoms with Crippen LogP contribution in [0.2, 0.25) is 0 Å². The first-order chi connectivity index (χ1) is 13.8. The predicted molar refractivity (Wildman–Crippen MR) is 106 cm³/mol. The summed E-state index contributed by atoms with van der Waals surface area (Å²) in [5.41, 5.74) is 0.579. The minimum Gasteiger partial charge on any atom is -0.456 e. The summed E-state index contributed by atoms with van der Waals surface area (Å²) < 4.78 is 4.99. The third-order valence-corrected chi connectivity index (χ3v) is 5.33. The summed E-state index contributed by atoms with van der Waals surface area (Å²) in [5.74, 6) is -2.74. The fourth-order valence-corrected chi connectivity index (χ4v) is 3.85. The standard InChI is InChI=1S/C21H22N2O6/c1-13-8-19(24)17(18(13)11-23(27)28)10-21(26)29-12-20(25)22-16-7-6-14-4-2-3-5-15(14)9-16/h2-7,9,13,17-18H,8,10-12H2,1H3,(H,22,25)/t13-,17+,18-/m1/s1. The molecule has 1 amide bonds. The van der Waals surface area contributed by atoms with Crippen LogP contribution in [0.5, 0.6) is 0 Å². The lowest BCUT2D eigenvalue weighted by atomic mass is 9.88. The van der Waals surface area contributed by atoms with Crippen molar-refractivity contribution in [1.82, 2.24) is 0 Å². The molecule has 0 spiro atoms. The number of Topliss-reactive ketones (excluding diaryl/α,β-unsaturated/α-hetero) is 1. The Kier molecular flexibility index (Phi) is 6.21. The molecule has 3 rings (SSSR count). The average molecular weight is 398 g/mol. The summed E-state index contributed by atoms with van der Waals surface area (Å²) >= 11 is 0. The number of anilines is 1. The van der Waals surface area contributed by atoms with Crippen LogP contribution in [-0.4, -0.2) is 35.7 Å². The van der Waals surface area contributed by atoms with Gasteiger partial charge >= 0.3 is 5.97 Å². The summed E-state index contributed by atoms with van der Waals surface area (Å²) in [6.45, 7) is 0.934. The molecule has 0 bridgehead atoms. The van der Waals surface area contributed by atoms with Gasteiger partial charge in [0.05, 0.1) is 6.42 Å². The van der Waals surface area contributed by atoms with Crippen LogP contribution >= 0.6 is 0 Å². The van der Waals surface area contributed by atoms with Crippen LogP contribution in [0.25, 0.3) is 10.8 Å². The van der Waals surface area contributed by atoms with Gasteiger partial charge < -0.3 is 10.1 Å². The molecule has 3 atom stereocenters. The number of carbonyl (C=O) groups excluding carboxylic acids is 3. The number of amides is 1. The largest absolute Gasteiger partial charge is 0.456 e. The van der Waals surface area contributed by atoms with E-state index in [9.17, 15) is 24.5 Å². The molecular formula is C21H22N2O6. The van der Waals surface area contributed by atoms with Gasteiger partial charge in [-0.2, -0.15) is 0 Å². The molecule has 1 aliphatic rings. The van der Waals surface area contributed by atoms with Crippen LogP contribution in [0.3, 0.4) is 0 Å². The van der Waals surface area contributed by atoms with Crippen molar-refractivity contribution in [3.8, 4) is 0 Å². The van der Waals surface area contributed by atoms with E-state index in [1.54, 1.807) is 13.0 Å². The summed E-state index contributed by atoms with van der Waals surface area (Å²) in [6, 6.07) is 13.1. The number of rotatable bonds is 7. The van der Waals surface area contributed by atoms with Gasteiger partial charge in [-0.25, -0.2) is 0 Å². The second kappa shape index (κ2) is 8.81. The average Bonchev–Trinajstić information content (AvgIpc) is 2.93. The minimum absolute atomic E-state index is 0.151. The first-order valence-corrected chi connectivity index (χ1v) is 9.42. The number of nitro groups is 1. The van der Waals surface area contributed by atoms with Crippen molar-refractivity contribution in [3.63, 3.8) is 0 Å². The van der Waals surface area contributed by atoms with E-state index < -0.39 is 35.2 Å². The third-order valence-electron chi connectivity index (χ3n) is 5.33. The zero-order chi connectivity index (χ0) is 21.0. The second-order valence-electron chi connectivity index (χ2n) is 7.41. The number of ketones is 1. The molecule has 2 aromatic carbocycles. The Bertz CT molecular complexity index is 957. The van der Waals surface area contributed by atoms with E-state index in [-0.39, 0.29) is 31.1 Å². The zero-order valence-electron chi connectivity index (χ0n) is 16.0. The van der Waals surface area contributed by atoms with Crippen molar-refractivity contribution in [2.75, 3.05) is 18.5 Å². The molecule has 1 aliphatic carbocycles. The second-order valence-corrected chi connectivity index (χ2v) is 7.41. The van der Waals surface area contributed by atoms with Crippen LogP contribution < -0.4 is 5.32 Å². The normalized spacial score (nSPS) is 21.1. The SMILES string of the molecule is C[C@@H]1CC(=O)[C@@H](CC(=O)OCC(=O)Nc2ccc3ccccc3c2)[C@@H]1C[N+](=O)[O-]. The summed E-state index contributed by atoms with van der Waals surface area (Å²) in [5, 5.41) is 15.5. The Morgan fingerprint density at radius 3 is 2.66 bits per heavy atom. The maximum absolute atomic E-state index is 12.1. The Hall–Kier alpha value is -3.29. The maximum Gasteiger partial charge on any atom is 0.307 e. The molecular weight excluding hydrogens is 376 g/mol. The highest BCUT2D eigenvalue weighted by Gasteiger charge is 2.44. The van der Waals surface area contributed by atoms with Gasteiger partial charge in [-0.15, -0.1) is 0 Å². The Labute approximate surface area is 167 Å². The van der Waals surface area contributed by atoms with Gasteiger partial charge in [0.2, 0.25) is 6.54 Å². The number of ether oxygens (including phenoxy) is 1. The quantitative estimate of drug-likeness (QED) is 0.436. The fourth-order valence-electron chi connectivity index (χ4n) is 3.85. The molecule has 29 heavy (non-hydrogen) atoms. The van der Waals surface area contributed by atoms with Crippen molar-refractivity contribution in [1.29, 1.82) is 0 Å². The molecule has 1 fully saturated rings. The molecule has 2 aromatic rings. The maximum atomic E-state index is 12.1. The number of nitrogens with zero attached hydrogens (tertiary/aromatic N) is 1. The van der Waals surface area contributed by atoms with Crippen LogP contribution in [0.15, 0.2) is 42.5 Å². The highest BCUT2D eigenvalue weighted by Crippen LogP contribution is 2.36. The smallest absolute Gasteiger partial charge is 0.307 e. The van der Waals surface area contributed by atoms with Crippen LogP contribution in [0.1, 0.15) is 19.8 Å². The number of benzene rings is 2. The van der Waals surface area contributed by atoms with Gasteiger partial charge in [-0.05, 0) is 28.8 Å². The first kappa shape index (κ1) is 20.4. The lowest BCUT2D eigenvalue weighted by molar-refractivity contribution is -0.490. The predicted octanol–water partition coefficient (Wildman–Crippen LogP) is 2.83. The highest BCUT2D eigenvalue weighted by molar-refractivity contribution is 5.96. The molecule has 1 N–H and O–H groups in total. The van der Waals surface area contributed by atoms with Crippen molar-refractivity contribution >= 4 is 34.1 Å². The van der Waals surface area contributed by atoms with Gasteiger partial charge in [0.1, 0.15) is 5.78 Å². The van der Waals surface area contributed by atoms with E-state index >= 15 is 0 Å². The molecule has 0 aromatic heterocycles. The number of nitrogens with one attached hydrogen (secondary N) is 1. The van der Waals surface area contributed by atoms with Crippen molar-refractivity contribution in [2.45, 2.75) is 19.8 Å². The van der Waals surface area contributed by atoms with Gasteiger partial charge in [0.15, 0.2) is 6.61 Å². The molecule has 0 heterocycles. The van der Waals surface area contributed by atoms with Gasteiger partial charge in [-0.3, -0.25) is 24.5 Å². The number of carbonyl (C=O) groups is 3. The first-order valence-electron chi connectivity index (χ1n) is 9.42. The molecule has 1 saturated carbocycles. The Morgan fingerprint density at radius 1 is 1.21 bits per heavy atom. The number of hydrogen-bond donors (Lipinski definition) is 1. The van der Waals surface area contributed by atoms with Crippen molar-refractivity contribution < 1.29 is 24.0 Å². The topological polar surface area (TPSA) is 116 Å². The van der Waals surface area contributed by atoms with Crippen molar-refractivity contribution in [3.05, 3.63) is 52.6 Å². The molecule has 0 unspecified atom stereocenters. The van der Waals surface area contributed by atoms with Gasteiger partial charge in [0.25, 0.3) is 5.91 Å². The third kappa shape index (κ3) is 5.16. The van der Waals surface area contributed by atoms with E-state index in [0.29, 0.717) is 5.69 Å². The number of hydrogen-bond acceptors (Lipinski definition) is 6. The lowest BCUT2D eigenvalue weighted by Crippen LogP contribution is -2.28. The minimum atomic E-state index is -0.730. The Balaban J connectivity index is 1.52. The highest BCUT2D eigenvalue weighted by atomic mass is 16.6. The molecule has 0 saturated heterocycles. The number of fused-ring (bicyclic) bond motifs is 1. The molecule has 152 valence electrons. The lowest BCUT2D eigenvalue weighted by Gasteiger charge is -2.17. The summed E-state index contributed by atoms with van der Waals surface area (Å²) in [4.78, 5) is 46.6. The summed E-state index contributed by atoms with van der Waals surface area (Å²) in [6.07, 6.45) is -0.0240. The van der Waals surface area contributed by atoms with Crippen molar-refractivity contribution in [2.24, 2.45) is 17.8 Å². The molecule has 8 heteroatoms.